The average molecular weight is 217 g/mol. The van der Waals surface area contributed by atoms with Crippen LogP contribution in [0.3, 0.4) is 0 Å². The van der Waals surface area contributed by atoms with Crippen molar-refractivity contribution >= 4 is 5.95 Å². The van der Waals surface area contributed by atoms with Crippen LogP contribution in [-0.4, -0.2) is 29.6 Å². The Balaban J connectivity index is 2.05. The zero-order valence-corrected chi connectivity index (χ0v) is 9.13. The molecule has 0 bridgehead atoms. The van der Waals surface area contributed by atoms with E-state index in [1.165, 1.54) is 0 Å². The largest absolute Gasteiger partial charge is 0.341 e. The van der Waals surface area contributed by atoms with Crippen LogP contribution in [0.4, 0.5) is 5.95 Å². The average Bonchev–Trinajstić information content (AvgIpc) is 2.39. The van der Waals surface area contributed by atoms with Gasteiger partial charge in [-0.1, -0.05) is 0 Å². The van der Waals surface area contributed by atoms with Gasteiger partial charge in [0.1, 0.15) is 11.8 Å². The summed E-state index contributed by atoms with van der Waals surface area (Å²) < 4.78 is 0. The minimum atomic E-state index is 0.422. The van der Waals surface area contributed by atoms with E-state index in [1.807, 2.05) is 6.07 Å². The highest BCUT2D eigenvalue weighted by molar-refractivity contribution is 5.34. The zero-order valence-electron chi connectivity index (χ0n) is 9.13. The lowest BCUT2D eigenvalue weighted by Gasteiger charge is -2.31. The molecule has 0 radical (unpaired) electrons. The van der Waals surface area contributed by atoms with E-state index in [4.69, 9.17) is 11.0 Å². The standard InChI is InChI=1S/C11H15N5/c12-7-9-2-5-16(6-3-9)11-14-4-1-10(8-13)15-11/h1,4,9H,2-3,5-7,12H2. The maximum absolute atomic E-state index is 8.77. The second-order valence-electron chi connectivity index (χ2n) is 4.02. The van der Waals surface area contributed by atoms with Gasteiger partial charge in [0.05, 0.1) is 0 Å². The molecule has 0 aromatic carbocycles. The number of rotatable bonds is 2. The van der Waals surface area contributed by atoms with Crippen molar-refractivity contribution in [1.29, 1.82) is 5.26 Å². The zero-order chi connectivity index (χ0) is 11.4. The molecular weight excluding hydrogens is 202 g/mol. The molecule has 5 heteroatoms. The summed E-state index contributed by atoms with van der Waals surface area (Å²) in [5.74, 6) is 1.28. The summed E-state index contributed by atoms with van der Waals surface area (Å²) >= 11 is 0. The van der Waals surface area contributed by atoms with Gasteiger partial charge in [-0.15, -0.1) is 0 Å². The molecule has 1 aromatic heterocycles. The van der Waals surface area contributed by atoms with Crippen molar-refractivity contribution in [3.8, 4) is 6.07 Å². The first-order valence-electron chi connectivity index (χ1n) is 5.51. The van der Waals surface area contributed by atoms with Crippen LogP contribution in [0.5, 0.6) is 0 Å². The van der Waals surface area contributed by atoms with Gasteiger partial charge in [-0.25, -0.2) is 9.97 Å². The molecule has 2 rings (SSSR count). The van der Waals surface area contributed by atoms with E-state index < -0.39 is 0 Å². The van der Waals surface area contributed by atoms with Crippen LogP contribution in [0.1, 0.15) is 18.5 Å². The van der Waals surface area contributed by atoms with Crippen molar-refractivity contribution in [2.75, 3.05) is 24.5 Å². The minimum absolute atomic E-state index is 0.422. The first-order valence-corrected chi connectivity index (χ1v) is 5.51. The number of nitrogens with zero attached hydrogens (tertiary/aromatic N) is 4. The third kappa shape index (κ3) is 2.28. The Kier molecular flexibility index (Phi) is 3.32. The molecule has 1 aliphatic heterocycles. The highest BCUT2D eigenvalue weighted by Gasteiger charge is 2.19. The highest BCUT2D eigenvalue weighted by Crippen LogP contribution is 2.19. The Hall–Kier alpha value is -1.67. The predicted molar refractivity (Wildman–Crippen MR) is 60.7 cm³/mol. The van der Waals surface area contributed by atoms with E-state index in [-0.39, 0.29) is 0 Å². The monoisotopic (exact) mass is 217 g/mol. The number of nitriles is 1. The van der Waals surface area contributed by atoms with Gasteiger partial charge >= 0.3 is 0 Å². The van der Waals surface area contributed by atoms with Crippen LogP contribution in [0.2, 0.25) is 0 Å². The van der Waals surface area contributed by atoms with Crippen molar-refractivity contribution in [2.45, 2.75) is 12.8 Å². The third-order valence-electron chi connectivity index (χ3n) is 2.99. The Morgan fingerprint density at radius 3 is 2.88 bits per heavy atom. The molecule has 16 heavy (non-hydrogen) atoms. The third-order valence-corrected chi connectivity index (χ3v) is 2.99. The normalized spacial score (nSPS) is 17.1. The topological polar surface area (TPSA) is 78.8 Å². The van der Waals surface area contributed by atoms with Crippen molar-refractivity contribution in [3.05, 3.63) is 18.0 Å². The highest BCUT2D eigenvalue weighted by atomic mass is 15.2. The molecule has 84 valence electrons. The molecule has 5 nitrogen and oxygen atoms in total. The van der Waals surface area contributed by atoms with Crippen molar-refractivity contribution in [2.24, 2.45) is 11.7 Å². The lowest BCUT2D eigenvalue weighted by Crippen LogP contribution is -2.37. The maximum atomic E-state index is 8.77. The maximum Gasteiger partial charge on any atom is 0.226 e. The van der Waals surface area contributed by atoms with Crippen LogP contribution in [0.25, 0.3) is 0 Å². The second-order valence-corrected chi connectivity index (χ2v) is 4.02. The smallest absolute Gasteiger partial charge is 0.226 e. The van der Waals surface area contributed by atoms with E-state index in [0.29, 0.717) is 17.6 Å². The van der Waals surface area contributed by atoms with Gasteiger partial charge in [-0.3, -0.25) is 0 Å². The van der Waals surface area contributed by atoms with E-state index in [9.17, 15) is 0 Å². The quantitative estimate of drug-likeness (QED) is 0.781. The Bertz CT molecular complexity index is 390. The number of aromatic nitrogens is 2. The summed E-state index contributed by atoms with van der Waals surface area (Å²) in [6.45, 7) is 2.61. The van der Waals surface area contributed by atoms with Crippen LogP contribution in [-0.2, 0) is 0 Å². The SMILES string of the molecule is N#Cc1ccnc(N2CCC(CN)CC2)n1. The summed E-state index contributed by atoms with van der Waals surface area (Å²) in [6.07, 6.45) is 3.79. The molecule has 0 aliphatic carbocycles. The molecule has 1 aliphatic rings. The molecule has 0 spiro atoms. The lowest BCUT2D eigenvalue weighted by molar-refractivity contribution is 0.411. The lowest BCUT2D eigenvalue weighted by atomic mass is 9.97. The van der Waals surface area contributed by atoms with Crippen molar-refractivity contribution in [3.63, 3.8) is 0 Å². The summed E-state index contributed by atoms with van der Waals surface area (Å²) in [4.78, 5) is 10.5. The Morgan fingerprint density at radius 2 is 2.25 bits per heavy atom. The number of hydrogen-bond acceptors (Lipinski definition) is 5. The summed E-state index contributed by atoms with van der Waals surface area (Å²) in [5, 5.41) is 8.77. The fourth-order valence-electron chi connectivity index (χ4n) is 1.93. The fourth-order valence-corrected chi connectivity index (χ4v) is 1.93. The van der Waals surface area contributed by atoms with Crippen LogP contribution >= 0.6 is 0 Å². The van der Waals surface area contributed by atoms with Gasteiger partial charge in [-0.05, 0) is 31.4 Å². The molecule has 1 aromatic rings. The summed E-state index contributed by atoms with van der Waals surface area (Å²) in [7, 11) is 0. The van der Waals surface area contributed by atoms with Gasteiger partial charge in [0, 0.05) is 19.3 Å². The van der Waals surface area contributed by atoms with Gasteiger partial charge in [0.2, 0.25) is 5.95 Å². The summed E-state index contributed by atoms with van der Waals surface area (Å²) in [6, 6.07) is 3.65. The Labute approximate surface area is 94.9 Å². The van der Waals surface area contributed by atoms with E-state index in [2.05, 4.69) is 14.9 Å². The van der Waals surface area contributed by atoms with Crippen LogP contribution in [0, 0.1) is 17.2 Å². The predicted octanol–water partition coefficient (Wildman–Crippen LogP) is 0.523. The van der Waals surface area contributed by atoms with Crippen molar-refractivity contribution < 1.29 is 0 Å². The minimum Gasteiger partial charge on any atom is -0.341 e. The van der Waals surface area contributed by atoms with Crippen molar-refractivity contribution in [1.82, 2.24) is 9.97 Å². The molecule has 1 fully saturated rings. The molecule has 2 N–H and O–H groups in total. The first kappa shape index (κ1) is 10.8. The van der Waals surface area contributed by atoms with Crippen LogP contribution < -0.4 is 10.6 Å². The Morgan fingerprint density at radius 1 is 1.50 bits per heavy atom. The second kappa shape index (κ2) is 4.90. The number of piperidine rings is 1. The number of nitrogens with two attached hydrogens (primary N) is 1. The van der Waals surface area contributed by atoms with E-state index in [1.54, 1.807) is 12.3 Å². The van der Waals surface area contributed by atoms with Gasteiger partial charge < -0.3 is 10.6 Å². The molecular formula is C11H15N5. The first-order chi connectivity index (χ1) is 7.83. The fraction of sp³-hybridized carbons (Fsp3) is 0.545. The molecule has 0 amide bonds. The van der Waals surface area contributed by atoms with Gasteiger partial charge in [0.25, 0.3) is 0 Å². The van der Waals surface area contributed by atoms with Crippen LogP contribution in [0.15, 0.2) is 12.3 Å². The molecule has 2 heterocycles. The van der Waals surface area contributed by atoms with Gasteiger partial charge in [0.15, 0.2) is 0 Å². The number of anilines is 1. The van der Waals surface area contributed by atoms with E-state index in [0.717, 1.165) is 32.5 Å². The molecule has 0 unspecified atom stereocenters. The molecule has 0 atom stereocenters. The molecule has 0 saturated carbocycles. The summed E-state index contributed by atoms with van der Waals surface area (Å²) in [5.41, 5.74) is 6.06. The molecule has 1 saturated heterocycles. The van der Waals surface area contributed by atoms with Gasteiger partial charge in [-0.2, -0.15) is 5.26 Å². The number of hydrogen-bond donors (Lipinski definition) is 1. The van der Waals surface area contributed by atoms with E-state index >= 15 is 0 Å².